The first kappa shape index (κ1) is 13.7. The maximum Gasteiger partial charge on any atom is 0.238 e. The Bertz CT molecular complexity index is 539. The van der Waals surface area contributed by atoms with E-state index in [1.54, 1.807) is 18.2 Å². The number of hydrogen-bond acceptors (Lipinski definition) is 3. The van der Waals surface area contributed by atoms with Crippen LogP contribution >= 0.6 is 11.6 Å². The van der Waals surface area contributed by atoms with E-state index in [0.29, 0.717) is 23.6 Å². The maximum atomic E-state index is 12.3. The van der Waals surface area contributed by atoms with Gasteiger partial charge >= 0.3 is 0 Å². The lowest BCUT2D eigenvalue weighted by Crippen LogP contribution is -2.51. The van der Waals surface area contributed by atoms with Crippen LogP contribution in [0.1, 0.15) is 24.8 Å². The molecule has 0 bridgehead atoms. The average Bonchev–Trinajstić information content (AvgIpc) is 2.31. The number of carbonyl (C=O) groups excluding carboxylic acids is 1. The molecule has 1 aromatic carbocycles. The van der Waals surface area contributed by atoms with Gasteiger partial charge in [0, 0.05) is 10.7 Å². The fourth-order valence-electron chi connectivity index (χ4n) is 2.23. The predicted molar refractivity (Wildman–Crippen MR) is 74.5 cm³/mol. The third-order valence-electron chi connectivity index (χ3n) is 3.68. The molecule has 1 saturated carbocycles. The summed E-state index contributed by atoms with van der Waals surface area (Å²) < 4.78 is 0. The van der Waals surface area contributed by atoms with Gasteiger partial charge in [0.05, 0.1) is 0 Å². The van der Waals surface area contributed by atoms with Crippen molar-refractivity contribution in [2.24, 2.45) is 16.3 Å². The van der Waals surface area contributed by atoms with Gasteiger partial charge in [-0.2, -0.15) is 0 Å². The summed E-state index contributed by atoms with van der Waals surface area (Å²) in [7, 11) is 0. The van der Waals surface area contributed by atoms with Crippen molar-refractivity contribution in [3.63, 3.8) is 0 Å². The molecule has 5 nitrogen and oxygen atoms in total. The highest BCUT2D eigenvalue weighted by Gasteiger charge is 2.48. The topological polar surface area (TPSA) is 87.7 Å². The van der Waals surface area contributed by atoms with Gasteiger partial charge in [0.2, 0.25) is 5.91 Å². The molecular formula is C13H16ClN3O2. The van der Waals surface area contributed by atoms with Crippen molar-refractivity contribution in [2.45, 2.75) is 26.2 Å². The van der Waals surface area contributed by atoms with Gasteiger partial charge in [0.15, 0.2) is 5.84 Å². The Kier molecular flexibility index (Phi) is 3.66. The van der Waals surface area contributed by atoms with E-state index in [4.69, 9.17) is 22.5 Å². The normalized spacial score (nSPS) is 17.7. The fourth-order valence-corrected chi connectivity index (χ4v) is 2.46. The number of amides is 1. The fraction of sp³-hybridized carbons (Fsp3) is 0.385. The van der Waals surface area contributed by atoms with Crippen molar-refractivity contribution >= 4 is 29.0 Å². The van der Waals surface area contributed by atoms with Gasteiger partial charge in [-0.05, 0) is 43.5 Å². The highest BCUT2D eigenvalue weighted by molar-refractivity contribution is 6.30. The largest absolute Gasteiger partial charge is 0.409 e. The van der Waals surface area contributed by atoms with Gasteiger partial charge in [0.1, 0.15) is 5.41 Å². The molecule has 0 spiro atoms. The number of amidine groups is 1. The second-order valence-electron chi connectivity index (χ2n) is 4.83. The Labute approximate surface area is 116 Å². The van der Waals surface area contributed by atoms with E-state index in [1.807, 2.05) is 6.92 Å². The Balaban J connectivity index is 2.21. The number of benzene rings is 1. The Morgan fingerprint density at radius 1 is 1.53 bits per heavy atom. The van der Waals surface area contributed by atoms with Crippen molar-refractivity contribution in [1.29, 1.82) is 0 Å². The predicted octanol–water partition coefficient (Wildman–Crippen LogP) is 2.50. The molecule has 1 aromatic rings. The molecule has 1 fully saturated rings. The molecule has 0 unspecified atom stereocenters. The van der Waals surface area contributed by atoms with Crippen LogP contribution in [-0.4, -0.2) is 17.0 Å². The van der Waals surface area contributed by atoms with Crippen molar-refractivity contribution in [3.05, 3.63) is 28.8 Å². The molecule has 0 radical (unpaired) electrons. The van der Waals surface area contributed by atoms with Crippen LogP contribution in [0.5, 0.6) is 0 Å². The van der Waals surface area contributed by atoms with Crippen LogP contribution in [0.2, 0.25) is 5.02 Å². The number of nitrogens with one attached hydrogen (secondary N) is 1. The first-order valence-electron chi connectivity index (χ1n) is 6.05. The summed E-state index contributed by atoms with van der Waals surface area (Å²) in [6.07, 6.45) is 2.09. The standard InChI is InChI=1S/C13H16ClN3O2/c1-8-7-9(14)3-4-10(8)16-12(18)13(5-2-6-13)11(15)17-19/h3-4,7,19H,2,5-6H2,1H3,(H2,15,17)(H,16,18). The average molecular weight is 282 g/mol. The van der Waals surface area contributed by atoms with E-state index >= 15 is 0 Å². The summed E-state index contributed by atoms with van der Waals surface area (Å²) in [5, 5.41) is 15.2. The number of aryl methyl sites for hydroxylation is 1. The Hall–Kier alpha value is -1.75. The third-order valence-corrected chi connectivity index (χ3v) is 3.91. The molecule has 0 aliphatic heterocycles. The smallest absolute Gasteiger partial charge is 0.238 e. The zero-order chi connectivity index (χ0) is 14.0. The van der Waals surface area contributed by atoms with Gasteiger partial charge in [-0.15, -0.1) is 0 Å². The van der Waals surface area contributed by atoms with E-state index < -0.39 is 5.41 Å². The van der Waals surface area contributed by atoms with Crippen LogP contribution in [0.25, 0.3) is 0 Å². The number of hydrogen-bond donors (Lipinski definition) is 3. The molecule has 6 heteroatoms. The second kappa shape index (κ2) is 5.09. The van der Waals surface area contributed by atoms with Crippen LogP contribution in [0.3, 0.4) is 0 Å². The molecule has 0 saturated heterocycles. The van der Waals surface area contributed by atoms with Crippen LogP contribution in [0.4, 0.5) is 5.69 Å². The quantitative estimate of drug-likeness (QED) is 0.344. The van der Waals surface area contributed by atoms with E-state index in [-0.39, 0.29) is 11.7 Å². The van der Waals surface area contributed by atoms with Crippen molar-refractivity contribution in [3.8, 4) is 0 Å². The summed E-state index contributed by atoms with van der Waals surface area (Å²) in [6.45, 7) is 1.86. The second-order valence-corrected chi connectivity index (χ2v) is 5.27. The van der Waals surface area contributed by atoms with Crippen LogP contribution < -0.4 is 11.1 Å². The number of oxime groups is 1. The summed E-state index contributed by atoms with van der Waals surface area (Å²) in [5.41, 5.74) is 6.33. The molecule has 2 rings (SSSR count). The maximum absolute atomic E-state index is 12.3. The number of halogens is 1. The van der Waals surface area contributed by atoms with Crippen molar-refractivity contribution in [2.75, 3.05) is 5.32 Å². The SMILES string of the molecule is Cc1cc(Cl)ccc1NC(=O)C1(/C(N)=N/O)CCC1. The number of rotatable bonds is 3. The molecular weight excluding hydrogens is 266 g/mol. The number of nitrogens with zero attached hydrogens (tertiary/aromatic N) is 1. The number of anilines is 1. The molecule has 1 amide bonds. The van der Waals surface area contributed by atoms with Gasteiger partial charge in [-0.1, -0.05) is 23.2 Å². The van der Waals surface area contributed by atoms with E-state index in [2.05, 4.69) is 10.5 Å². The first-order valence-corrected chi connectivity index (χ1v) is 6.43. The molecule has 1 aliphatic rings. The van der Waals surface area contributed by atoms with Crippen LogP contribution in [0, 0.1) is 12.3 Å². The minimum atomic E-state index is -0.874. The molecule has 0 aromatic heterocycles. The highest BCUT2D eigenvalue weighted by atomic mass is 35.5. The lowest BCUT2D eigenvalue weighted by molar-refractivity contribution is -0.125. The van der Waals surface area contributed by atoms with Crippen LogP contribution in [0.15, 0.2) is 23.4 Å². The van der Waals surface area contributed by atoms with Gasteiger partial charge in [-0.3, -0.25) is 4.79 Å². The molecule has 0 atom stereocenters. The molecule has 102 valence electrons. The minimum absolute atomic E-state index is 0.0251. The molecule has 4 N–H and O–H groups in total. The number of nitrogens with two attached hydrogens (primary N) is 1. The zero-order valence-corrected chi connectivity index (χ0v) is 11.4. The highest BCUT2D eigenvalue weighted by Crippen LogP contribution is 2.42. The summed E-state index contributed by atoms with van der Waals surface area (Å²) in [5.74, 6) is -0.262. The van der Waals surface area contributed by atoms with Gasteiger partial charge in [-0.25, -0.2) is 0 Å². The summed E-state index contributed by atoms with van der Waals surface area (Å²) >= 11 is 5.87. The number of carbonyl (C=O) groups is 1. The molecule has 0 heterocycles. The molecule has 19 heavy (non-hydrogen) atoms. The summed E-state index contributed by atoms with van der Waals surface area (Å²) in [4.78, 5) is 12.3. The summed E-state index contributed by atoms with van der Waals surface area (Å²) in [6, 6.07) is 5.23. The van der Waals surface area contributed by atoms with Crippen molar-refractivity contribution < 1.29 is 10.0 Å². The first-order chi connectivity index (χ1) is 8.99. The van der Waals surface area contributed by atoms with E-state index in [9.17, 15) is 4.79 Å². The molecule has 1 aliphatic carbocycles. The monoisotopic (exact) mass is 281 g/mol. The zero-order valence-electron chi connectivity index (χ0n) is 10.6. The van der Waals surface area contributed by atoms with E-state index in [1.165, 1.54) is 0 Å². The minimum Gasteiger partial charge on any atom is -0.409 e. The Morgan fingerprint density at radius 2 is 2.21 bits per heavy atom. The third kappa shape index (κ3) is 2.38. The van der Waals surface area contributed by atoms with Crippen molar-refractivity contribution in [1.82, 2.24) is 0 Å². The van der Waals surface area contributed by atoms with E-state index in [0.717, 1.165) is 12.0 Å². The van der Waals surface area contributed by atoms with Gasteiger partial charge < -0.3 is 16.3 Å². The Morgan fingerprint density at radius 3 is 2.68 bits per heavy atom. The lowest BCUT2D eigenvalue weighted by Gasteiger charge is -2.38. The van der Waals surface area contributed by atoms with Gasteiger partial charge in [0.25, 0.3) is 0 Å². The van der Waals surface area contributed by atoms with Crippen LogP contribution in [-0.2, 0) is 4.79 Å². The lowest BCUT2D eigenvalue weighted by atomic mass is 9.67.